The molecule has 10 rings (SSSR count). The molecule has 8 nitrogen and oxygen atoms in total. The maximum Gasteiger partial charge on any atom is 0.135 e. The minimum atomic E-state index is 0.389. The largest absolute Gasteiger partial charge is 0.493 e. The lowest BCUT2D eigenvalue weighted by molar-refractivity contribution is -0.121. The average Bonchev–Trinajstić information content (AvgIpc) is 4.34. The number of nitrogens with zero attached hydrogens (tertiary/aromatic N) is 2. The number of likely N-dealkylation sites (tertiary alicyclic amines) is 2. The molecule has 0 amide bonds. The molecular formula is C59H76BrN3O5. The molecule has 364 valence electrons. The zero-order chi connectivity index (χ0) is 47.4. The molecule has 4 atom stereocenters. The molecule has 68 heavy (non-hydrogen) atoms. The summed E-state index contributed by atoms with van der Waals surface area (Å²) in [6.45, 7) is 12.5. The van der Waals surface area contributed by atoms with E-state index in [2.05, 4.69) is 98.6 Å². The van der Waals surface area contributed by atoms with Crippen molar-refractivity contribution in [1.82, 2.24) is 15.1 Å². The van der Waals surface area contributed by atoms with Gasteiger partial charge in [0.05, 0.1) is 6.61 Å². The lowest BCUT2D eigenvalue weighted by atomic mass is 9.90. The van der Waals surface area contributed by atoms with Crippen LogP contribution >= 0.6 is 15.9 Å². The van der Waals surface area contributed by atoms with Crippen molar-refractivity contribution in [3.63, 3.8) is 0 Å². The zero-order valence-electron chi connectivity index (χ0n) is 40.5. The van der Waals surface area contributed by atoms with E-state index >= 15 is 0 Å². The van der Waals surface area contributed by atoms with Gasteiger partial charge in [0.1, 0.15) is 42.0 Å². The molecule has 0 spiro atoms. The second-order valence-corrected chi connectivity index (χ2v) is 19.4. The summed E-state index contributed by atoms with van der Waals surface area (Å²) in [6.07, 6.45) is 9.84. The number of para-hydroxylation sites is 3. The van der Waals surface area contributed by atoms with Crippen molar-refractivity contribution in [2.45, 2.75) is 76.5 Å². The van der Waals surface area contributed by atoms with Crippen molar-refractivity contribution in [3.05, 3.63) is 163 Å². The Morgan fingerprint density at radius 3 is 1.32 bits per heavy atom. The van der Waals surface area contributed by atoms with Gasteiger partial charge in [-0.1, -0.05) is 138 Å². The normalized spacial score (nSPS) is 21.1. The molecule has 3 heterocycles. The summed E-state index contributed by atoms with van der Waals surface area (Å²) in [7, 11) is 0. The molecule has 0 bridgehead atoms. The summed E-state index contributed by atoms with van der Waals surface area (Å²) in [5, 5.41) is 3.97. The zero-order valence-corrected chi connectivity index (χ0v) is 42.1. The molecule has 0 radical (unpaired) electrons. The van der Waals surface area contributed by atoms with Gasteiger partial charge in [0.15, 0.2) is 0 Å². The maximum absolute atomic E-state index is 11.0. The maximum atomic E-state index is 11.0. The highest BCUT2D eigenvalue weighted by Gasteiger charge is 2.39. The number of hydrogen-bond acceptors (Lipinski definition) is 8. The number of Topliss-reactive ketones (excluding diaryl/α,β-unsaturated/α-hetero) is 2. The van der Waals surface area contributed by atoms with Crippen LogP contribution in [-0.2, 0) is 9.59 Å². The molecule has 3 saturated heterocycles. The first-order valence-electron chi connectivity index (χ1n) is 25.3. The third-order valence-electron chi connectivity index (χ3n) is 13.3. The smallest absolute Gasteiger partial charge is 0.135 e. The van der Waals surface area contributed by atoms with E-state index in [1.54, 1.807) is 5.56 Å². The Labute approximate surface area is 416 Å². The lowest BCUT2D eigenvalue weighted by Crippen LogP contribution is -2.36. The van der Waals surface area contributed by atoms with Gasteiger partial charge >= 0.3 is 0 Å². The predicted molar refractivity (Wildman–Crippen MR) is 281 cm³/mol. The molecule has 5 aromatic rings. The van der Waals surface area contributed by atoms with Gasteiger partial charge in [-0.2, -0.15) is 0 Å². The van der Waals surface area contributed by atoms with Crippen LogP contribution < -0.4 is 19.5 Å². The lowest BCUT2D eigenvalue weighted by Gasteiger charge is -2.32. The average molecular weight is 987 g/mol. The van der Waals surface area contributed by atoms with E-state index in [0.717, 1.165) is 117 Å². The quantitative estimate of drug-likeness (QED) is 0.104. The van der Waals surface area contributed by atoms with Crippen molar-refractivity contribution in [2.24, 2.45) is 17.8 Å². The third kappa shape index (κ3) is 20.8. The minimum absolute atomic E-state index is 0.389. The number of carbonyl (C=O) groups excluding carboxylic acids is 2. The first-order chi connectivity index (χ1) is 33.4. The van der Waals surface area contributed by atoms with Gasteiger partial charge in [0.25, 0.3) is 0 Å². The highest BCUT2D eigenvalue weighted by Crippen LogP contribution is 2.51. The Bertz CT molecular complexity index is 2070. The fourth-order valence-electron chi connectivity index (χ4n) is 9.00. The summed E-state index contributed by atoms with van der Waals surface area (Å²) in [5.74, 6) is 8.15. The van der Waals surface area contributed by atoms with E-state index in [0.29, 0.717) is 31.0 Å². The number of piperidine rings is 3. The van der Waals surface area contributed by atoms with Gasteiger partial charge < -0.3 is 19.5 Å². The number of nitrogens with one attached hydrogen (secondary N) is 1. The van der Waals surface area contributed by atoms with Crippen molar-refractivity contribution in [1.29, 1.82) is 0 Å². The van der Waals surface area contributed by atoms with E-state index in [9.17, 15) is 9.59 Å². The summed E-state index contributed by atoms with van der Waals surface area (Å²) >= 11 is 3.28. The molecule has 2 saturated carbocycles. The van der Waals surface area contributed by atoms with Gasteiger partial charge in [-0.3, -0.25) is 19.4 Å². The molecule has 2 aliphatic carbocycles. The van der Waals surface area contributed by atoms with Crippen LogP contribution in [0.2, 0.25) is 0 Å². The van der Waals surface area contributed by atoms with Gasteiger partial charge in [0.2, 0.25) is 0 Å². The molecule has 5 fully saturated rings. The van der Waals surface area contributed by atoms with Gasteiger partial charge in [-0.05, 0) is 122 Å². The van der Waals surface area contributed by atoms with Gasteiger partial charge in [-0.15, -0.1) is 0 Å². The number of alkyl halides is 1. The Kier molecular flexibility index (Phi) is 23.7. The van der Waals surface area contributed by atoms with E-state index in [1.807, 2.05) is 91.0 Å². The standard InChI is InChI=1S/C23H29NO.C13H17NO2.C10H12.C8H9BrO.C5H9NO/c1-3-7-20(8-4-1)23-18-21(23)17-19-11-13-24(14-12-19)15-16-25-22-9-5-2-6-10-22;15-12-6-8-14(9-7-12)10-11-16-13-4-2-1-3-5-13;1-8-7-10(8)9-5-3-2-4-6-9;9-6-7-10-8-4-2-1-3-5-8;7-5-1-3-6-4-2-5/h1-10,19,21,23H,11-18H2;1-5H,6-11H2;2-6,8,10H,7H2,1H3;1-5H,6-7H2;6H,1-4H2/t21-,23+;;8-,10-;;/m1.1../s1. The Morgan fingerprint density at radius 1 is 0.515 bits per heavy atom. The molecule has 5 aliphatic rings. The Morgan fingerprint density at radius 2 is 0.912 bits per heavy atom. The molecule has 0 aromatic heterocycles. The summed E-state index contributed by atoms with van der Waals surface area (Å²) in [4.78, 5) is 26.3. The van der Waals surface area contributed by atoms with Gasteiger partial charge in [-0.25, -0.2) is 0 Å². The van der Waals surface area contributed by atoms with Crippen LogP contribution in [0.15, 0.2) is 152 Å². The Hall–Kier alpha value is -4.80. The summed E-state index contributed by atoms with van der Waals surface area (Å²) in [5.41, 5.74) is 3.08. The first kappa shape index (κ1) is 52.6. The number of benzene rings is 5. The molecule has 5 aromatic carbocycles. The molecular weight excluding hydrogens is 911 g/mol. The fourth-order valence-corrected chi connectivity index (χ4v) is 9.16. The second-order valence-electron chi connectivity index (χ2n) is 18.6. The number of hydrogen-bond donors (Lipinski definition) is 1. The van der Waals surface area contributed by atoms with Crippen molar-refractivity contribution in [2.75, 3.05) is 77.5 Å². The van der Waals surface area contributed by atoms with Crippen molar-refractivity contribution < 1.29 is 23.8 Å². The minimum Gasteiger partial charge on any atom is -0.493 e. The van der Waals surface area contributed by atoms with E-state index in [-0.39, 0.29) is 0 Å². The molecule has 0 unspecified atom stereocenters. The highest BCUT2D eigenvalue weighted by molar-refractivity contribution is 9.09. The number of rotatable bonds is 15. The van der Waals surface area contributed by atoms with Crippen LogP contribution in [0.25, 0.3) is 0 Å². The van der Waals surface area contributed by atoms with Gasteiger partial charge in [0, 0.05) is 70.3 Å². The third-order valence-corrected chi connectivity index (χ3v) is 13.7. The highest BCUT2D eigenvalue weighted by atomic mass is 79.9. The van der Waals surface area contributed by atoms with E-state index < -0.39 is 0 Å². The molecule has 1 N–H and O–H groups in total. The number of halogens is 1. The van der Waals surface area contributed by atoms with Crippen LogP contribution in [0.5, 0.6) is 17.2 Å². The monoisotopic (exact) mass is 985 g/mol. The van der Waals surface area contributed by atoms with Crippen LogP contribution in [0.4, 0.5) is 0 Å². The number of carbonyl (C=O) groups is 2. The topological polar surface area (TPSA) is 80.3 Å². The molecule has 9 heteroatoms. The SMILES string of the molecule is BrCCOc1ccccc1.C[C@@H]1C[C@H]1c1ccccc1.O=C1CCN(CCOc2ccccc2)CC1.O=C1CCNCC1.c1ccc(OCCN2CCC(C[C@@H]3C[C@H]3c3ccccc3)CC2)cc1. The van der Waals surface area contributed by atoms with Crippen molar-refractivity contribution in [3.8, 4) is 17.2 Å². The van der Waals surface area contributed by atoms with E-state index in [1.165, 1.54) is 50.8 Å². The van der Waals surface area contributed by atoms with E-state index in [4.69, 9.17) is 14.2 Å². The number of ether oxygens (including phenoxy) is 3. The summed E-state index contributed by atoms with van der Waals surface area (Å²) in [6, 6.07) is 51.7. The van der Waals surface area contributed by atoms with Crippen LogP contribution in [0, 0.1) is 17.8 Å². The summed E-state index contributed by atoms with van der Waals surface area (Å²) < 4.78 is 16.7. The fraction of sp³-hybridized carbons (Fsp3) is 0.458. The van der Waals surface area contributed by atoms with Crippen LogP contribution in [-0.4, -0.2) is 98.9 Å². The molecule has 3 aliphatic heterocycles. The van der Waals surface area contributed by atoms with Crippen LogP contribution in [0.1, 0.15) is 87.7 Å². The Balaban J connectivity index is 0.000000152. The van der Waals surface area contributed by atoms with Crippen molar-refractivity contribution >= 4 is 27.5 Å². The second kappa shape index (κ2) is 30.6. The predicted octanol–water partition coefficient (Wildman–Crippen LogP) is 11.9. The number of ketones is 2. The van der Waals surface area contributed by atoms with Crippen LogP contribution in [0.3, 0.4) is 0 Å². The first-order valence-corrected chi connectivity index (χ1v) is 26.4.